The van der Waals surface area contributed by atoms with Crippen molar-refractivity contribution in [1.82, 2.24) is 5.32 Å². The molecular formula is C13H13BrFNO3. The first-order chi connectivity index (χ1) is 8.84. The van der Waals surface area contributed by atoms with Gasteiger partial charge in [0.1, 0.15) is 11.4 Å². The molecule has 0 aromatic heterocycles. The molecule has 0 saturated heterocycles. The van der Waals surface area contributed by atoms with Gasteiger partial charge < -0.3 is 10.4 Å². The molecule has 1 saturated carbocycles. The van der Waals surface area contributed by atoms with Crippen molar-refractivity contribution in [3.8, 4) is 0 Å². The van der Waals surface area contributed by atoms with E-state index in [9.17, 15) is 19.1 Å². The Morgan fingerprint density at radius 1 is 1.47 bits per heavy atom. The molecule has 1 aromatic carbocycles. The monoisotopic (exact) mass is 329 g/mol. The second kappa shape index (κ2) is 4.92. The molecule has 4 nitrogen and oxygen atoms in total. The van der Waals surface area contributed by atoms with E-state index in [2.05, 4.69) is 21.2 Å². The van der Waals surface area contributed by atoms with Gasteiger partial charge in [0, 0.05) is 4.47 Å². The van der Waals surface area contributed by atoms with Crippen LogP contribution in [0.4, 0.5) is 4.39 Å². The molecule has 2 rings (SSSR count). The van der Waals surface area contributed by atoms with Gasteiger partial charge in [-0.05, 0) is 59.8 Å². The van der Waals surface area contributed by atoms with Gasteiger partial charge in [0.05, 0.1) is 5.56 Å². The number of aliphatic carboxylic acids is 1. The van der Waals surface area contributed by atoms with Crippen LogP contribution in [0, 0.1) is 11.7 Å². The smallest absolute Gasteiger partial charge is 0.329 e. The summed E-state index contributed by atoms with van der Waals surface area (Å²) in [7, 11) is 0. The minimum absolute atomic E-state index is 0.0683. The lowest BCUT2D eigenvalue weighted by molar-refractivity contribution is -0.144. The first kappa shape index (κ1) is 14.0. The molecule has 1 aliphatic carbocycles. The van der Waals surface area contributed by atoms with Crippen LogP contribution in [0.3, 0.4) is 0 Å². The van der Waals surface area contributed by atoms with Crippen LogP contribution in [0.5, 0.6) is 0 Å². The lowest BCUT2D eigenvalue weighted by Crippen LogP contribution is -2.54. The summed E-state index contributed by atoms with van der Waals surface area (Å²) >= 11 is 3.15. The summed E-state index contributed by atoms with van der Waals surface area (Å²) in [6.07, 6.45) is 1.54. The topological polar surface area (TPSA) is 66.4 Å². The Bertz CT molecular complexity index is 545. The zero-order valence-corrected chi connectivity index (χ0v) is 11.8. The summed E-state index contributed by atoms with van der Waals surface area (Å²) in [5.74, 6) is -2.28. The highest BCUT2D eigenvalue weighted by Crippen LogP contribution is 2.40. The van der Waals surface area contributed by atoms with Crippen LogP contribution in [-0.4, -0.2) is 22.5 Å². The predicted octanol–water partition coefficient (Wildman–Crippen LogP) is 2.57. The average molecular weight is 330 g/mol. The third-order valence-electron chi connectivity index (χ3n) is 3.38. The van der Waals surface area contributed by atoms with E-state index in [4.69, 9.17) is 0 Å². The number of carbonyl (C=O) groups is 2. The molecule has 0 aliphatic heterocycles. The maximum absolute atomic E-state index is 13.2. The van der Waals surface area contributed by atoms with E-state index in [0.717, 1.165) is 18.9 Å². The molecule has 0 bridgehead atoms. The van der Waals surface area contributed by atoms with Crippen LogP contribution in [0.2, 0.25) is 0 Å². The van der Waals surface area contributed by atoms with Crippen LogP contribution < -0.4 is 5.32 Å². The van der Waals surface area contributed by atoms with E-state index in [-0.39, 0.29) is 11.5 Å². The predicted molar refractivity (Wildman–Crippen MR) is 70.3 cm³/mol. The van der Waals surface area contributed by atoms with Gasteiger partial charge in [-0.15, -0.1) is 0 Å². The molecule has 1 atom stereocenters. The van der Waals surface area contributed by atoms with Crippen LogP contribution in [-0.2, 0) is 4.79 Å². The Labute approximate surface area is 118 Å². The van der Waals surface area contributed by atoms with Gasteiger partial charge in [-0.3, -0.25) is 4.79 Å². The molecule has 0 heterocycles. The van der Waals surface area contributed by atoms with E-state index in [0.29, 0.717) is 4.47 Å². The Hall–Kier alpha value is -1.43. The van der Waals surface area contributed by atoms with Crippen LogP contribution >= 0.6 is 15.9 Å². The zero-order chi connectivity index (χ0) is 14.2. The standard InChI is InChI=1S/C13H13BrFNO3/c1-13(12(18)19,7-2-3-7)16-11(17)9-6-8(15)4-5-10(9)14/h4-7H,2-3H2,1H3,(H,16,17)(H,18,19). The molecule has 102 valence electrons. The Balaban J connectivity index is 2.25. The molecule has 1 unspecified atom stereocenters. The Morgan fingerprint density at radius 3 is 2.63 bits per heavy atom. The van der Waals surface area contributed by atoms with Crippen LogP contribution in [0.1, 0.15) is 30.1 Å². The third-order valence-corrected chi connectivity index (χ3v) is 4.08. The Kier molecular flexibility index (Phi) is 3.62. The summed E-state index contributed by atoms with van der Waals surface area (Å²) in [5.41, 5.74) is -1.21. The van der Waals surface area contributed by atoms with Crippen molar-refractivity contribution >= 4 is 27.8 Å². The van der Waals surface area contributed by atoms with Gasteiger partial charge in [0.2, 0.25) is 0 Å². The largest absolute Gasteiger partial charge is 0.480 e. The van der Waals surface area contributed by atoms with E-state index in [1.54, 1.807) is 0 Å². The van der Waals surface area contributed by atoms with Crippen molar-refractivity contribution < 1.29 is 19.1 Å². The number of nitrogens with one attached hydrogen (secondary N) is 1. The van der Waals surface area contributed by atoms with Crippen molar-refractivity contribution in [3.63, 3.8) is 0 Å². The molecule has 1 amide bonds. The molecule has 0 spiro atoms. The number of hydrogen-bond donors (Lipinski definition) is 2. The lowest BCUT2D eigenvalue weighted by Gasteiger charge is -2.26. The van der Waals surface area contributed by atoms with Gasteiger partial charge in [0.25, 0.3) is 5.91 Å². The van der Waals surface area contributed by atoms with E-state index < -0.39 is 23.2 Å². The minimum Gasteiger partial charge on any atom is -0.480 e. The molecule has 1 fully saturated rings. The van der Waals surface area contributed by atoms with E-state index in [1.807, 2.05) is 0 Å². The summed E-state index contributed by atoms with van der Waals surface area (Å²) < 4.78 is 13.6. The maximum Gasteiger partial charge on any atom is 0.329 e. The first-order valence-corrected chi connectivity index (χ1v) is 6.65. The fourth-order valence-electron chi connectivity index (χ4n) is 1.97. The van der Waals surface area contributed by atoms with Crippen molar-refractivity contribution in [2.75, 3.05) is 0 Å². The number of amides is 1. The zero-order valence-electron chi connectivity index (χ0n) is 10.2. The molecule has 2 N–H and O–H groups in total. The maximum atomic E-state index is 13.2. The van der Waals surface area contributed by atoms with Crippen LogP contribution in [0.15, 0.2) is 22.7 Å². The molecule has 1 aromatic rings. The quantitative estimate of drug-likeness (QED) is 0.892. The first-order valence-electron chi connectivity index (χ1n) is 5.85. The number of halogens is 2. The van der Waals surface area contributed by atoms with E-state index >= 15 is 0 Å². The minimum atomic E-state index is -1.30. The number of carboxylic acids is 1. The number of benzene rings is 1. The summed E-state index contributed by atoms with van der Waals surface area (Å²) in [6.45, 7) is 1.48. The molecule has 19 heavy (non-hydrogen) atoms. The van der Waals surface area contributed by atoms with E-state index in [1.165, 1.54) is 19.1 Å². The summed E-state index contributed by atoms with van der Waals surface area (Å²) in [5, 5.41) is 11.8. The van der Waals surface area contributed by atoms with Gasteiger partial charge in [-0.1, -0.05) is 0 Å². The molecule has 1 aliphatic rings. The highest BCUT2D eigenvalue weighted by Gasteiger charge is 2.48. The third kappa shape index (κ3) is 2.78. The SMILES string of the molecule is CC(NC(=O)c1cc(F)ccc1Br)(C(=O)O)C1CC1. The fraction of sp³-hybridized carbons (Fsp3) is 0.385. The van der Waals surface area contributed by atoms with Crippen LogP contribution in [0.25, 0.3) is 0 Å². The number of carboxylic acid groups (broad SMARTS) is 1. The van der Waals surface area contributed by atoms with Gasteiger partial charge >= 0.3 is 5.97 Å². The van der Waals surface area contributed by atoms with Gasteiger partial charge in [-0.25, -0.2) is 9.18 Å². The van der Waals surface area contributed by atoms with Gasteiger partial charge in [-0.2, -0.15) is 0 Å². The van der Waals surface area contributed by atoms with Crippen molar-refractivity contribution in [3.05, 3.63) is 34.1 Å². The second-order valence-electron chi connectivity index (χ2n) is 4.86. The molecule has 0 radical (unpaired) electrons. The van der Waals surface area contributed by atoms with Gasteiger partial charge in [0.15, 0.2) is 0 Å². The second-order valence-corrected chi connectivity index (χ2v) is 5.71. The lowest BCUT2D eigenvalue weighted by atomic mass is 9.95. The highest BCUT2D eigenvalue weighted by atomic mass is 79.9. The number of hydrogen-bond acceptors (Lipinski definition) is 2. The molecular weight excluding hydrogens is 317 g/mol. The fourth-order valence-corrected chi connectivity index (χ4v) is 2.39. The normalized spacial score (nSPS) is 17.6. The molecule has 6 heteroatoms. The van der Waals surface area contributed by atoms with Crippen molar-refractivity contribution in [1.29, 1.82) is 0 Å². The summed E-state index contributed by atoms with van der Waals surface area (Å²) in [6, 6.07) is 3.71. The Morgan fingerprint density at radius 2 is 2.11 bits per heavy atom. The summed E-state index contributed by atoms with van der Waals surface area (Å²) in [4.78, 5) is 23.4. The number of rotatable bonds is 4. The number of carbonyl (C=O) groups excluding carboxylic acids is 1. The van der Waals surface area contributed by atoms with Crippen molar-refractivity contribution in [2.45, 2.75) is 25.3 Å². The average Bonchev–Trinajstić information content (AvgIpc) is 3.16. The van der Waals surface area contributed by atoms with Crippen molar-refractivity contribution in [2.24, 2.45) is 5.92 Å². The highest BCUT2D eigenvalue weighted by molar-refractivity contribution is 9.10.